The van der Waals surface area contributed by atoms with Crippen molar-refractivity contribution < 1.29 is 19.1 Å². The van der Waals surface area contributed by atoms with Gasteiger partial charge in [-0.05, 0) is 49.6 Å². The average Bonchev–Trinajstić information content (AvgIpc) is 2.47. The van der Waals surface area contributed by atoms with Crippen molar-refractivity contribution in [1.82, 2.24) is 0 Å². The van der Waals surface area contributed by atoms with Crippen LogP contribution in [0.1, 0.15) is 31.4 Å². The number of allylic oxidation sites excluding steroid dienone is 1. The summed E-state index contributed by atoms with van der Waals surface area (Å²) in [6, 6.07) is 5.37. The number of aryl methyl sites for hydroxylation is 1. The van der Waals surface area contributed by atoms with Gasteiger partial charge in [-0.3, -0.25) is 0 Å². The molecule has 0 radical (unpaired) electrons. The Balaban J connectivity index is 2.15. The fourth-order valence-electron chi connectivity index (χ4n) is 1.99. The summed E-state index contributed by atoms with van der Waals surface area (Å²) >= 11 is 0. The molecule has 0 amide bonds. The SMILES string of the molecule is C=C(C)C(=O)OC1=Cc2ccc(OC(=O)C(=C)C)cc2CC1. The zero-order chi connectivity index (χ0) is 16.3. The van der Waals surface area contributed by atoms with Crippen molar-refractivity contribution in [3.05, 3.63) is 59.4 Å². The van der Waals surface area contributed by atoms with Gasteiger partial charge in [0, 0.05) is 17.6 Å². The Kier molecular flexibility index (Phi) is 4.61. The first-order chi connectivity index (χ1) is 10.4. The highest BCUT2D eigenvalue weighted by molar-refractivity contribution is 5.89. The molecular formula is C18H18O4. The van der Waals surface area contributed by atoms with Gasteiger partial charge >= 0.3 is 11.9 Å². The molecule has 0 fully saturated rings. The van der Waals surface area contributed by atoms with Crippen LogP contribution in [0.25, 0.3) is 6.08 Å². The Labute approximate surface area is 129 Å². The van der Waals surface area contributed by atoms with Gasteiger partial charge in [-0.15, -0.1) is 0 Å². The Hall–Kier alpha value is -2.62. The minimum Gasteiger partial charge on any atom is -0.428 e. The number of carbonyl (C=O) groups excluding carboxylic acids is 2. The minimum absolute atomic E-state index is 0.353. The largest absolute Gasteiger partial charge is 0.428 e. The van der Waals surface area contributed by atoms with E-state index in [9.17, 15) is 9.59 Å². The molecule has 0 saturated carbocycles. The second-order valence-corrected chi connectivity index (χ2v) is 5.31. The van der Waals surface area contributed by atoms with E-state index in [1.165, 1.54) is 0 Å². The average molecular weight is 298 g/mol. The molecule has 0 saturated heterocycles. The van der Waals surface area contributed by atoms with E-state index in [0.717, 1.165) is 11.1 Å². The summed E-state index contributed by atoms with van der Waals surface area (Å²) < 4.78 is 10.5. The van der Waals surface area contributed by atoms with Crippen molar-refractivity contribution in [1.29, 1.82) is 0 Å². The lowest BCUT2D eigenvalue weighted by molar-refractivity contribution is -0.135. The first-order valence-corrected chi connectivity index (χ1v) is 6.95. The van der Waals surface area contributed by atoms with Crippen LogP contribution in [0.4, 0.5) is 0 Å². The first kappa shape index (κ1) is 15.8. The fourth-order valence-corrected chi connectivity index (χ4v) is 1.99. The Morgan fingerprint density at radius 1 is 1.00 bits per heavy atom. The quantitative estimate of drug-likeness (QED) is 0.484. The van der Waals surface area contributed by atoms with Gasteiger partial charge in [0.25, 0.3) is 0 Å². The molecule has 0 spiro atoms. The summed E-state index contributed by atoms with van der Waals surface area (Å²) in [7, 11) is 0. The number of carbonyl (C=O) groups is 2. The molecule has 2 rings (SSSR count). The lowest BCUT2D eigenvalue weighted by Gasteiger charge is -2.17. The number of hydrogen-bond donors (Lipinski definition) is 0. The van der Waals surface area contributed by atoms with E-state index in [0.29, 0.717) is 35.5 Å². The molecule has 22 heavy (non-hydrogen) atoms. The van der Waals surface area contributed by atoms with E-state index in [2.05, 4.69) is 13.2 Å². The van der Waals surface area contributed by atoms with Crippen molar-refractivity contribution in [2.75, 3.05) is 0 Å². The molecule has 0 aromatic heterocycles. The van der Waals surface area contributed by atoms with Crippen LogP contribution in [0.5, 0.6) is 5.75 Å². The van der Waals surface area contributed by atoms with Crippen LogP contribution < -0.4 is 4.74 Å². The lowest BCUT2D eigenvalue weighted by atomic mass is 9.96. The second kappa shape index (κ2) is 6.43. The number of fused-ring (bicyclic) bond motifs is 1. The van der Waals surface area contributed by atoms with Crippen molar-refractivity contribution in [3.63, 3.8) is 0 Å². The standard InChI is InChI=1S/C18H18O4/c1-11(2)17(19)21-15-7-5-14-10-16(8-6-13(14)9-15)22-18(20)12(3)4/h5,7,9-10H,1,3,6,8H2,2,4H3. The maximum atomic E-state index is 11.5. The molecule has 1 aliphatic rings. The van der Waals surface area contributed by atoms with Gasteiger partial charge in [0.05, 0.1) is 0 Å². The van der Waals surface area contributed by atoms with Crippen LogP contribution in [0.2, 0.25) is 0 Å². The van der Waals surface area contributed by atoms with E-state index in [1.807, 2.05) is 18.2 Å². The minimum atomic E-state index is -0.442. The second-order valence-electron chi connectivity index (χ2n) is 5.31. The predicted molar refractivity (Wildman–Crippen MR) is 84.1 cm³/mol. The van der Waals surface area contributed by atoms with E-state index in [4.69, 9.17) is 9.47 Å². The van der Waals surface area contributed by atoms with Gasteiger partial charge in [-0.25, -0.2) is 9.59 Å². The van der Waals surface area contributed by atoms with Gasteiger partial charge in [-0.2, -0.15) is 0 Å². The number of ether oxygens (including phenoxy) is 2. The molecular weight excluding hydrogens is 280 g/mol. The molecule has 0 heterocycles. The molecule has 0 aliphatic heterocycles. The Morgan fingerprint density at radius 3 is 2.27 bits per heavy atom. The molecule has 0 bridgehead atoms. The van der Waals surface area contributed by atoms with Crippen LogP contribution in [0, 0.1) is 0 Å². The molecule has 1 aromatic rings. The smallest absolute Gasteiger partial charge is 0.338 e. The third-order valence-electron chi connectivity index (χ3n) is 3.20. The maximum Gasteiger partial charge on any atom is 0.338 e. The van der Waals surface area contributed by atoms with Gasteiger partial charge in [0.2, 0.25) is 0 Å². The summed E-state index contributed by atoms with van der Waals surface area (Å²) in [5.41, 5.74) is 2.72. The highest BCUT2D eigenvalue weighted by atomic mass is 16.5. The maximum absolute atomic E-state index is 11.5. The lowest BCUT2D eigenvalue weighted by Crippen LogP contribution is -2.10. The topological polar surface area (TPSA) is 52.6 Å². The number of rotatable bonds is 4. The van der Waals surface area contributed by atoms with E-state index < -0.39 is 11.9 Å². The van der Waals surface area contributed by atoms with Crippen LogP contribution >= 0.6 is 0 Å². The monoisotopic (exact) mass is 298 g/mol. The summed E-state index contributed by atoms with van der Waals surface area (Å²) in [5, 5.41) is 0. The number of esters is 2. The molecule has 4 heteroatoms. The van der Waals surface area contributed by atoms with Crippen LogP contribution in [-0.2, 0) is 20.7 Å². The molecule has 1 aliphatic carbocycles. The van der Waals surface area contributed by atoms with Crippen molar-refractivity contribution in [2.45, 2.75) is 26.7 Å². The van der Waals surface area contributed by atoms with Gasteiger partial charge in [0.15, 0.2) is 0 Å². The molecule has 114 valence electrons. The predicted octanol–water partition coefficient (Wildman–Crippen LogP) is 3.57. The summed E-state index contributed by atoms with van der Waals surface area (Å²) in [5.74, 6) is 0.249. The molecule has 0 unspecified atom stereocenters. The summed E-state index contributed by atoms with van der Waals surface area (Å²) in [4.78, 5) is 23.1. The van der Waals surface area contributed by atoms with E-state index in [1.54, 1.807) is 19.9 Å². The van der Waals surface area contributed by atoms with Gasteiger partial charge in [0.1, 0.15) is 11.5 Å². The van der Waals surface area contributed by atoms with Crippen LogP contribution in [0.3, 0.4) is 0 Å². The fraction of sp³-hybridized carbons (Fsp3) is 0.222. The van der Waals surface area contributed by atoms with Gasteiger partial charge < -0.3 is 9.47 Å². The summed E-state index contributed by atoms with van der Waals surface area (Å²) in [6.45, 7) is 10.3. The molecule has 4 nitrogen and oxygen atoms in total. The van der Waals surface area contributed by atoms with E-state index >= 15 is 0 Å². The highest BCUT2D eigenvalue weighted by Crippen LogP contribution is 2.28. The highest BCUT2D eigenvalue weighted by Gasteiger charge is 2.16. The normalized spacial score (nSPS) is 12.7. The molecule has 1 aromatic carbocycles. The Bertz CT molecular complexity index is 695. The molecule has 0 atom stereocenters. The van der Waals surface area contributed by atoms with Crippen molar-refractivity contribution >= 4 is 18.0 Å². The summed E-state index contributed by atoms with van der Waals surface area (Å²) in [6.07, 6.45) is 3.15. The Morgan fingerprint density at radius 2 is 1.64 bits per heavy atom. The number of hydrogen-bond acceptors (Lipinski definition) is 4. The third kappa shape index (κ3) is 3.73. The van der Waals surface area contributed by atoms with Crippen molar-refractivity contribution in [2.24, 2.45) is 0 Å². The van der Waals surface area contributed by atoms with Crippen LogP contribution in [0.15, 0.2) is 48.3 Å². The first-order valence-electron chi connectivity index (χ1n) is 6.95. The van der Waals surface area contributed by atoms with Crippen molar-refractivity contribution in [3.8, 4) is 5.75 Å². The van der Waals surface area contributed by atoms with Gasteiger partial charge in [-0.1, -0.05) is 19.2 Å². The van der Waals surface area contributed by atoms with E-state index in [-0.39, 0.29) is 0 Å². The van der Waals surface area contributed by atoms with Crippen LogP contribution in [-0.4, -0.2) is 11.9 Å². The third-order valence-corrected chi connectivity index (χ3v) is 3.20. The zero-order valence-corrected chi connectivity index (χ0v) is 12.8. The molecule has 0 N–H and O–H groups in total. The number of benzene rings is 1. The zero-order valence-electron chi connectivity index (χ0n) is 12.8.